The molecule has 1 amide bonds. The Morgan fingerprint density at radius 3 is 2.41 bits per heavy atom. The molecule has 0 spiro atoms. The lowest BCUT2D eigenvalue weighted by atomic mass is 10.1. The molecular formula is C25H25ClN4O2. The predicted molar refractivity (Wildman–Crippen MR) is 128 cm³/mol. The van der Waals surface area contributed by atoms with Crippen LogP contribution in [-0.2, 0) is 11.2 Å². The lowest BCUT2D eigenvalue weighted by molar-refractivity contribution is -0.118. The molecule has 0 unspecified atom stereocenters. The summed E-state index contributed by atoms with van der Waals surface area (Å²) in [5.74, 6) is 0.331. The highest BCUT2D eigenvalue weighted by Gasteiger charge is 2.12. The van der Waals surface area contributed by atoms with Crippen LogP contribution in [0, 0.1) is 6.92 Å². The summed E-state index contributed by atoms with van der Waals surface area (Å²) >= 11 is 6.37. The van der Waals surface area contributed by atoms with Crippen molar-refractivity contribution in [3.05, 3.63) is 76.8 Å². The first-order valence-electron chi connectivity index (χ1n) is 10.7. The molecule has 7 heteroatoms. The molecule has 1 aromatic heterocycles. The van der Waals surface area contributed by atoms with Crippen LogP contribution in [0.3, 0.4) is 0 Å². The zero-order valence-electron chi connectivity index (χ0n) is 18.1. The highest BCUT2D eigenvalue weighted by atomic mass is 35.5. The Bertz CT molecular complexity index is 1220. The van der Waals surface area contributed by atoms with Gasteiger partial charge in [0.15, 0.2) is 6.61 Å². The first-order valence-corrected chi connectivity index (χ1v) is 11.0. The minimum absolute atomic E-state index is 0.117. The van der Waals surface area contributed by atoms with Gasteiger partial charge in [-0.3, -0.25) is 4.79 Å². The Labute approximate surface area is 192 Å². The fourth-order valence-electron chi connectivity index (χ4n) is 3.30. The first-order chi connectivity index (χ1) is 15.5. The van der Waals surface area contributed by atoms with Crippen LogP contribution in [0.1, 0.15) is 30.9 Å². The molecule has 0 aliphatic rings. The number of benzene rings is 3. The number of carbonyl (C=O) groups is 1. The summed E-state index contributed by atoms with van der Waals surface area (Å²) in [6.45, 7) is 4.06. The van der Waals surface area contributed by atoms with E-state index in [1.54, 1.807) is 16.9 Å². The van der Waals surface area contributed by atoms with Crippen molar-refractivity contribution in [2.24, 2.45) is 0 Å². The molecule has 4 aromatic rings. The van der Waals surface area contributed by atoms with E-state index in [0.717, 1.165) is 17.7 Å². The van der Waals surface area contributed by atoms with Gasteiger partial charge in [0.05, 0.1) is 16.4 Å². The number of unbranched alkanes of at least 4 members (excludes halogenated alkanes) is 1. The Morgan fingerprint density at radius 2 is 1.72 bits per heavy atom. The van der Waals surface area contributed by atoms with Gasteiger partial charge in [0.25, 0.3) is 5.91 Å². The number of hydrogen-bond donors (Lipinski definition) is 1. The van der Waals surface area contributed by atoms with E-state index < -0.39 is 0 Å². The fourth-order valence-corrected chi connectivity index (χ4v) is 3.50. The van der Waals surface area contributed by atoms with Crippen molar-refractivity contribution >= 4 is 34.2 Å². The highest BCUT2D eigenvalue weighted by Crippen LogP contribution is 2.27. The van der Waals surface area contributed by atoms with Gasteiger partial charge in [-0.15, -0.1) is 10.2 Å². The minimum Gasteiger partial charge on any atom is -0.484 e. The molecule has 0 fully saturated rings. The number of nitrogens with one attached hydrogen (secondary N) is 1. The summed E-state index contributed by atoms with van der Waals surface area (Å²) < 4.78 is 5.53. The number of aryl methyl sites for hydroxylation is 2. The third-order valence-corrected chi connectivity index (χ3v) is 5.43. The number of nitrogens with zero attached hydrogens (tertiary/aromatic N) is 3. The Morgan fingerprint density at radius 1 is 1.03 bits per heavy atom. The van der Waals surface area contributed by atoms with Crippen LogP contribution < -0.4 is 10.1 Å². The number of rotatable bonds is 8. The second-order valence-electron chi connectivity index (χ2n) is 7.73. The number of hydrogen-bond acceptors (Lipinski definition) is 4. The second kappa shape index (κ2) is 9.83. The normalized spacial score (nSPS) is 11.0. The smallest absolute Gasteiger partial charge is 0.262 e. The van der Waals surface area contributed by atoms with E-state index in [4.69, 9.17) is 16.3 Å². The van der Waals surface area contributed by atoms with Gasteiger partial charge in [-0.25, -0.2) is 0 Å². The average molecular weight is 449 g/mol. The Balaban J connectivity index is 1.46. The molecule has 0 saturated heterocycles. The average Bonchev–Trinajstić information content (AvgIpc) is 3.20. The van der Waals surface area contributed by atoms with Crippen molar-refractivity contribution in [1.82, 2.24) is 15.0 Å². The van der Waals surface area contributed by atoms with Gasteiger partial charge in [0.2, 0.25) is 0 Å². The van der Waals surface area contributed by atoms with E-state index in [1.807, 2.05) is 43.3 Å². The minimum atomic E-state index is -0.304. The van der Waals surface area contributed by atoms with Crippen LogP contribution in [0.2, 0.25) is 5.02 Å². The second-order valence-corrected chi connectivity index (χ2v) is 8.14. The predicted octanol–water partition coefficient (Wildman–Crippen LogP) is 5.74. The van der Waals surface area contributed by atoms with Crippen LogP contribution >= 0.6 is 11.6 Å². The number of carbonyl (C=O) groups excluding carboxylic acids is 1. The van der Waals surface area contributed by atoms with Crippen LogP contribution in [-0.4, -0.2) is 27.5 Å². The topological polar surface area (TPSA) is 69.0 Å². The third kappa shape index (κ3) is 5.26. The molecule has 32 heavy (non-hydrogen) atoms. The number of amides is 1. The van der Waals surface area contributed by atoms with Gasteiger partial charge in [0, 0.05) is 0 Å². The molecule has 0 radical (unpaired) electrons. The van der Waals surface area contributed by atoms with Crippen molar-refractivity contribution in [3.8, 4) is 11.4 Å². The maximum absolute atomic E-state index is 12.3. The van der Waals surface area contributed by atoms with E-state index in [-0.39, 0.29) is 12.5 Å². The molecule has 3 aromatic carbocycles. The third-order valence-electron chi connectivity index (χ3n) is 5.12. The molecule has 1 heterocycles. The summed E-state index contributed by atoms with van der Waals surface area (Å²) in [6, 6.07) is 19.2. The summed E-state index contributed by atoms with van der Waals surface area (Å²) in [5.41, 5.74) is 5.06. The lowest BCUT2D eigenvalue weighted by Gasteiger charge is -2.09. The van der Waals surface area contributed by atoms with Crippen molar-refractivity contribution in [2.75, 3.05) is 11.9 Å². The molecule has 0 atom stereocenters. The summed E-state index contributed by atoms with van der Waals surface area (Å²) in [7, 11) is 0. The van der Waals surface area contributed by atoms with Crippen LogP contribution in [0.4, 0.5) is 5.69 Å². The number of halogens is 1. The molecule has 0 aliphatic heterocycles. The first kappa shape index (κ1) is 21.8. The molecule has 0 bridgehead atoms. The fraction of sp³-hybridized carbons (Fsp3) is 0.240. The summed E-state index contributed by atoms with van der Waals surface area (Å²) in [5, 5.41) is 12.3. The maximum Gasteiger partial charge on any atom is 0.262 e. The molecule has 164 valence electrons. The largest absolute Gasteiger partial charge is 0.484 e. The van der Waals surface area contributed by atoms with Crippen LogP contribution in [0.5, 0.6) is 5.75 Å². The van der Waals surface area contributed by atoms with Gasteiger partial charge >= 0.3 is 0 Å². The zero-order valence-corrected chi connectivity index (χ0v) is 18.9. The van der Waals surface area contributed by atoms with Crippen LogP contribution in [0.25, 0.3) is 16.7 Å². The lowest BCUT2D eigenvalue weighted by Crippen LogP contribution is -2.20. The van der Waals surface area contributed by atoms with E-state index >= 15 is 0 Å². The Hall–Kier alpha value is -3.38. The maximum atomic E-state index is 12.3. The number of aromatic nitrogens is 3. The number of anilines is 1. The van der Waals surface area contributed by atoms with E-state index in [2.05, 4.69) is 34.6 Å². The molecule has 6 nitrogen and oxygen atoms in total. The SMILES string of the molecule is CCCCc1ccc(-n2nc3cc(Cl)c(NC(=O)COc4ccc(C)cc4)cc3n2)cc1. The van der Waals surface area contributed by atoms with Gasteiger partial charge in [-0.1, -0.05) is 54.8 Å². The molecule has 1 N–H and O–H groups in total. The monoisotopic (exact) mass is 448 g/mol. The standard InChI is InChI=1S/C25H25ClN4O2/c1-3-4-5-18-8-10-19(11-9-18)30-28-23-14-21(26)22(15-24(23)29-30)27-25(31)16-32-20-12-6-17(2)7-13-20/h6-15H,3-5,16H2,1-2H3,(H,27,31). The molecule has 4 rings (SSSR count). The molecule has 0 aliphatic carbocycles. The number of fused-ring (bicyclic) bond motifs is 1. The van der Waals surface area contributed by atoms with Crippen molar-refractivity contribution < 1.29 is 9.53 Å². The zero-order chi connectivity index (χ0) is 22.5. The van der Waals surface area contributed by atoms with Gasteiger partial charge < -0.3 is 10.1 Å². The van der Waals surface area contributed by atoms with Crippen molar-refractivity contribution in [2.45, 2.75) is 33.1 Å². The Kier molecular flexibility index (Phi) is 6.71. The summed E-state index contributed by atoms with van der Waals surface area (Å²) in [6.07, 6.45) is 3.41. The van der Waals surface area contributed by atoms with E-state index in [0.29, 0.717) is 27.5 Å². The quantitative estimate of drug-likeness (QED) is 0.373. The van der Waals surface area contributed by atoms with E-state index in [9.17, 15) is 4.79 Å². The molecular weight excluding hydrogens is 424 g/mol. The molecule has 0 saturated carbocycles. The summed E-state index contributed by atoms with van der Waals surface area (Å²) in [4.78, 5) is 13.9. The van der Waals surface area contributed by atoms with Gasteiger partial charge in [0.1, 0.15) is 16.8 Å². The van der Waals surface area contributed by atoms with Crippen molar-refractivity contribution in [1.29, 1.82) is 0 Å². The highest BCUT2D eigenvalue weighted by molar-refractivity contribution is 6.34. The number of ether oxygens (including phenoxy) is 1. The van der Waals surface area contributed by atoms with Crippen LogP contribution in [0.15, 0.2) is 60.7 Å². The van der Waals surface area contributed by atoms with Crippen molar-refractivity contribution in [3.63, 3.8) is 0 Å². The van der Waals surface area contributed by atoms with Gasteiger partial charge in [-0.2, -0.15) is 4.80 Å². The van der Waals surface area contributed by atoms with E-state index in [1.165, 1.54) is 18.4 Å². The van der Waals surface area contributed by atoms with Gasteiger partial charge in [-0.05, 0) is 61.7 Å².